The Morgan fingerprint density at radius 2 is 1.81 bits per heavy atom. The lowest BCUT2D eigenvalue weighted by Gasteiger charge is -2.17. The molecule has 0 aliphatic carbocycles. The van der Waals surface area contributed by atoms with Gasteiger partial charge in [-0.15, -0.1) is 5.10 Å². The zero-order chi connectivity index (χ0) is 12.6. The highest BCUT2D eigenvalue weighted by molar-refractivity contribution is 14.1. The monoisotopic (exact) mass is 355 g/mol. The first kappa shape index (κ1) is 13.6. The van der Waals surface area contributed by atoms with Gasteiger partial charge in [-0.05, 0) is 29.0 Å². The van der Waals surface area contributed by atoms with Crippen LogP contribution < -0.4 is 0 Å². The molecular formula is C7H7F5IN3. The lowest BCUT2D eigenvalue weighted by molar-refractivity contribution is -0.291. The zero-order valence-corrected chi connectivity index (χ0v) is 10.2. The number of hydrogen-bond acceptors (Lipinski definition) is 2. The Bertz CT molecular complexity index is 373. The number of aryl methyl sites for hydroxylation is 1. The second-order valence-corrected chi connectivity index (χ2v) is 4.05. The van der Waals surface area contributed by atoms with E-state index in [4.69, 9.17) is 0 Å². The van der Waals surface area contributed by atoms with E-state index in [-0.39, 0.29) is 10.2 Å². The van der Waals surface area contributed by atoms with E-state index in [1.807, 2.05) is 0 Å². The Morgan fingerprint density at radius 1 is 1.25 bits per heavy atom. The average molecular weight is 355 g/mol. The Balaban J connectivity index is 3.14. The summed E-state index contributed by atoms with van der Waals surface area (Å²) in [6.07, 6.45) is -5.09. The third-order valence-corrected chi connectivity index (χ3v) is 2.83. The molecule has 0 aliphatic rings. The van der Waals surface area contributed by atoms with Crippen molar-refractivity contribution in [2.75, 3.05) is 0 Å². The van der Waals surface area contributed by atoms with Crippen LogP contribution in [0.3, 0.4) is 0 Å². The van der Waals surface area contributed by atoms with Crippen molar-refractivity contribution >= 4 is 22.6 Å². The lowest BCUT2D eigenvalue weighted by atomic mass is 10.2. The SMILES string of the molecule is CCCn1nnc(C(F)(F)C(F)(F)F)c1I. The molecule has 0 fully saturated rings. The van der Waals surface area contributed by atoms with Gasteiger partial charge in [-0.3, -0.25) is 0 Å². The van der Waals surface area contributed by atoms with Crippen LogP contribution in [0.5, 0.6) is 0 Å². The third-order valence-electron chi connectivity index (χ3n) is 1.76. The van der Waals surface area contributed by atoms with Gasteiger partial charge in [-0.2, -0.15) is 22.0 Å². The summed E-state index contributed by atoms with van der Waals surface area (Å²) in [4.78, 5) is 0. The quantitative estimate of drug-likeness (QED) is 0.617. The van der Waals surface area contributed by atoms with Crippen molar-refractivity contribution in [2.24, 2.45) is 0 Å². The first-order valence-corrected chi connectivity index (χ1v) is 5.33. The molecule has 0 N–H and O–H groups in total. The second kappa shape index (κ2) is 4.41. The summed E-state index contributed by atoms with van der Waals surface area (Å²) in [5.41, 5.74) is -1.34. The van der Waals surface area contributed by atoms with Crippen LogP contribution in [0.4, 0.5) is 22.0 Å². The van der Waals surface area contributed by atoms with Crippen molar-refractivity contribution in [3.8, 4) is 0 Å². The summed E-state index contributed by atoms with van der Waals surface area (Å²) in [6.45, 7) is 2.00. The van der Waals surface area contributed by atoms with E-state index in [0.717, 1.165) is 4.68 Å². The van der Waals surface area contributed by atoms with E-state index in [1.54, 1.807) is 6.92 Å². The minimum Gasteiger partial charge on any atom is -0.239 e. The van der Waals surface area contributed by atoms with Crippen LogP contribution in [0.2, 0.25) is 0 Å². The molecule has 0 aliphatic heterocycles. The van der Waals surface area contributed by atoms with Crippen molar-refractivity contribution in [2.45, 2.75) is 32.0 Å². The Labute approximate surface area is 101 Å². The van der Waals surface area contributed by atoms with Crippen LogP contribution in [-0.2, 0) is 12.5 Å². The number of rotatable bonds is 3. The van der Waals surface area contributed by atoms with Crippen LogP contribution in [0.25, 0.3) is 0 Å². The fourth-order valence-electron chi connectivity index (χ4n) is 0.983. The minimum atomic E-state index is -5.65. The fourth-order valence-corrected chi connectivity index (χ4v) is 1.77. The van der Waals surface area contributed by atoms with E-state index >= 15 is 0 Å². The highest BCUT2D eigenvalue weighted by atomic mass is 127. The van der Waals surface area contributed by atoms with Crippen LogP contribution in [0, 0.1) is 3.70 Å². The van der Waals surface area contributed by atoms with Gasteiger partial charge in [0.15, 0.2) is 5.69 Å². The van der Waals surface area contributed by atoms with Gasteiger partial charge in [0.05, 0.1) is 0 Å². The van der Waals surface area contributed by atoms with Crippen molar-refractivity contribution in [1.29, 1.82) is 0 Å². The van der Waals surface area contributed by atoms with Crippen LogP contribution in [-0.4, -0.2) is 21.2 Å². The maximum absolute atomic E-state index is 12.9. The largest absolute Gasteiger partial charge is 0.459 e. The molecule has 0 saturated carbocycles. The fraction of sp³-hybridized carbons (Fsp3) is 0.714. The molecule has 1 aromatic rings. The second-order valence-electron chi connectivity index (χ2n) is 3.02. The molecule has 0 atom stereocenters. The van der Waals surface area contributed by atoms with Crippen LogP contribution >= 0.6 is 22.6 Å². The maximum Gasteiger partial charge on any atom is 0.459 e. The van der Waals surface area contributed by atoms with E-state index < -0.39 is 17.8 Å². The Morgan fingerprint density at radius 3 is 2.25 bits per heavy atom. The first-order valence-electron chi connectivity index (χ1n) is 4.25. The van der Waals surface area contributed by atoms with E-state index in [0.29, 0.717) is 6.42 Å². The highest BCUT2D eigenvalue weighted by Gasteiger charge is 2.61. The number of nitrogens with zero attached hydrogens (tertiary/aromatic N) is 3. The molecule has 0 radical (unpaired) electrons. The Kier molecular flexibility index (Phi) is 3.75. The molecule has 0 aromatic carbocycles. The van der Waals surface area contributed by atoms with Crippen molar-refractivity contribution in [3.63, 3.8) is 0 Å². The van der Waals surface area contributed by atoms with Gasteiger partial charge in [-0.1, -0.05) is 12.1 Å². The van der Waals surface area contributed by atoms with Crippen molar-refractivity contribution < 1.29 is 22.0 Å². The van der Waals surface area contributed by atoms with Gasteiger partial charge in [0.1, 0.15) is 3.70 Å². The maximum atomic E-state index is 12.9. The molecular weight excluding hydrogens is 348 g/mol. The van der Waals surface area contributed by atoms with Gasteiger partial charge in [-0.25, -0.2) is 4.68 Å². The van der Waals surface area contributed by atoms with Gasteiger partial charge >= 0.3 is 12.1 Å². The summed E-state index contributed by atoms with van der Waals surface area (Å²) < 4.78 is 62.8. The van der Waals surface area contributed by atoms with Crippen molar-refractivity contribution in [3.05, 3.63) is 9.39 Å². The van der Waals surface area contributed by atoms with Crippen LogP contribution in [0.15, 0.2) is 0 Å². The molecule has 1 heterocycles. The van der Waals surface area contributed by atoms with Gasteiger partial charge in [0.2, 0.25) is 0 Å². The van der Waals surface area contributed by atoms with Crippen molar-refractivity contribution in [1.82, 2.24) is 15.0 Å². The zero-order valence-electron chi connectivity index (χ0n) is 8.02. The standard InChI is InChI=1S/C7H7F5IN3/c1-2-3-16-5(13)4(14-15-16)6(8,9)7(10,11)12/h2-3H2,1H3. The van der Waals surface area contributed by atoms with Gasteiger partial charge < -0.3 is 0 Å². The minimum absolute atomic E-state index is 0.249. The average Bonchev–Trinajstić information content (AvgIpc) is 2.47. The number of halogens is 6. The van der Waals surface area contributed by atoms with E-state index in [9.17, 15) is 22.0 Å². The molecule has 3 nitrogen and oxygen atoms in total. The molecule has 92 valence electrons. The molecule has 0 amide bonds. The van der Waals surface area contributed by atoms with Gasteiger partial charge in [0, 0.05) is 6.54 Å². The molecule has 1 aromatic heterocycles. The number of alkyl halides is 5. The Hall–Kier alpha value is -0.480. The molecule has 0 bridgehead atoms. The highest BCUT2D eigenvalue weighted by Crippen LogP contribution is 2.44. The first-order chi connectivity index (χ1) is 7.21. The summed E-state index contributed by atoms with van der Waals surface area (Å²) in [7, 11) is 0. The summed E-state index contributed by atoms with van der Waals surface area (Å²) in [5.74, 6) is -4.96. The summed E-state index contributed by atoms with van der Waals surface area (Å²) in [5, 5.41) is 6.17. The van der Waals surface area contributed by atoms with Crippen LogP contribution in [0.1, 0.15) is 19.0 Å². The normalized spacial score (nSPS) is 13.2. The molecule has 0 saturated heterocycles. The molecule has 16 heavy (non-hydrogen) atoms. The molecule has 0 spiro atoms. The predicted molar refractivity (Wildman–Crippen MR) is 53.0 cm³/mol. The third kappa shape index (κ3) is 2.28. The van der Waals surface area contributed by atoms with Gasteiger partial charge in [0.25, 0.3) is 0 Å². The number of aromatic nitrogens is 3. The van der Waals surface area contributed by atoms with E-state index in [1.165, 1.54) is 22.6 Å². The lowest BCUT2D eigenvalue weighted by Crippen LogP contribution is -2.34. The van der Waals surface area contributed by atoms with E-state index in [2.05, 4.69) is 10.3 Å². The topological polar surface area (TPSA) is 30.7 Å². The number of hydrogen-bond donors (Lipinski definition) is 0. The molecule has 9 heteroatoms. The smallest absolute Gasteiger partial charge is 0.239 e. The molecule has 0 unspecified atom stereocenters. The summed E-state index contributed by atoms with van der Waals surface area (Å²) >= 11 is 1.38. The molecule has 1 rings (SSSR count). The predicted octanol–water partition coefficient (Wildman–Crippen LogP) is 2.95. The summed E-state index contributed by atoms with van der Waals surface area (Å²) in [6, 6.07) is 0.